The molecule has 0 saturated carbocycles. The molecule has 88 valence electrons. The van der Waals surface area contributed by atoms with Gasteiger partial charge in [-0.15, -0.1) is 0 Å². The van der Waals surface area contributed by atoms with Crippen molar-refractivity contribution in [3.8, 4) is 0 Å². The number of hydrogen-bond acceptors (Lipinski definition) is 2. The van der Waals surface area contributed by atoms with Crippen molar-refractivity contribution < 1.29 is 4.39 Å². The standard InChI is InChI=1S/C13H12BrFN2/c1-9(10-4-2-5-11(15)8-10)16-13-7-3-6-12(14)17-13/h2-9H,1H3,(H,16,17). The Morgan fingerprint density at radius 3 is 2.71 bits per heavy atom. The van der Waals surface area contributed by atoms with E-state index in [2.05, 4.69) is 26.2 Å². The van der Waals surface area contributed by atoms with E-state index in [1.54, 1.807) is 6.07 Å². The molecule has 4 heteroatoms. The zero-order valence-electron chi connectivity index (χ0n) is 9.32. The first-order valence-electron chi connectivity index (χ1n) is 5.30. The Hall–Kier alpha value is -1.42. The summed E-state index contributed by atoms with van der Waals surface area (Å²) in [6, 6.07) is 12.2. The summed E-state index contributed by atoms with van der Waals surface area (Å²) in [5, 5.41) is 3.22. The van der Waals surface area contributed by atoms with E-state index in [4.69, 9.17) is 0 Å². The van der Waals surface area contributed by atoms with Gasteiger partial charge in [0.2, 0.25) is 0 Å². The quantitative estimate of drug-likeness (QED) is 0.860. The van der Waals surface area contributed by atoms with E-state index in [-0.39, 0.29) is 11.9 Å². The van der Waals surface area contributed by atoms with Crippen LogP contribution in [-0.4, -0.2) is 4.98 Å². The molecule has 0 bridgehead atoms. The van der Waals surface area contributed by atoms with Crippen LogP contribution in [0.5, 0.6) is 0 Å². The zero-order valence-corrected chi connectivity index (χ0v) is 10.9. The molecular weight excluding hydrogens is 283 g/mol. The van der Waals surface area contributed by atoms with Crippen LogP contribution in [0.15, 0.2) is 47.1 Å². The minimum absolute atomic E-state index is 0.00694. The maximum Gasteiger partial charge on any atom is 0.127 e. The molecule has 0 saturated heterocycles. The van der Waals surface area contributed by atoms with Crippen molar-refractivity contribution in [2.45, 2.75) is 13.0 Å². The van der Waals surface area contributed by atoms with Crippen molar-refractivity contribution in [1.82, 2.24) is 4.98 Å². The van der Waals surface area contributed by atoms with Gasteiger partial charge in [-0.05, 0) is 52.7 Å². The molecule has 1 aromatic carbocycles. The number of halogens is 2. The van der Waals surface area contributed by atoms with Gasteiger partial charge in [-0.25, -0.2) is 9.37 Å². The molecule has 2 aromatic rings. The van der Waals surface area contributed by atoms with Crippen LogP contribution >= 0.6 is 15.9 Å². The number of nitrogens with zero attached hydrogens (tertiary/aromatic N) is 1. The van der Waals surface area contributed by atoms with Crippen LogP contribution in [0.25, 0.3) is 0 Å². The number of benzene rings is 1. The van der Waals surface area contributed by atoms with Gasteiger partial charge >= 0.3 is 0 Å². The van der Waals surface area contributed by atoms with Crippen LogP contribution < -0.4 is 5.32 Å². The Morgan fingerprint density at radius 1 is 1.24 bits per heavy atom. The molecular formula is C13H12BrFN2. The maximum atomic E-state index is 13.1. The van der Waals surface area contributed by atoms with Crippen LogP contribution in [0.4, 0.5) is 10.2 Å². The largest absolute Gasteiger partial charge is 0.364 e. The highest BCUT2D eigenvalue weighted by Crippen LogP contribution is 2.19. The second-order valence-electron chi connectivity index (χ2n) is 3.77. The fourth-order valence-corrected chi connectivity index (χ4v) is 1.91. The van der Waals surface area contributed by atoms with E-state index in [0.29, 0.717) is 0 Å². The number of nitrogens with one attached hydrogen (secondary N) is 1. The van der Waals surface area contributed by atoms with Gasteiger partial charge < -0.3 is 5.32 Å². The van der Waals surface area contributed by atoms with E-state index < -0.39 is 0 Å². The van der Waals surface area contributed by atoms with Crippen molar-refractivity contribution in [2.75, 3.05) is 5.32 Å². The summed E-state index contributed by atoms with van der Waals surface area (Å²) in [5.74, 6) is 0.537. The first-order valence-corrected chi connectivity index (χ1v) is 6.09. The predicted octanol–water partition coefficient (Wildman–Crippen LogP) is 4.16. The third-order valence-electron chi connectivity index (χ3n) is 2.43. The molecule has 0 spiro atoms. The molecule has 1 unspecified atom stereocenters. The lowest BCUT2D eigenvalue weighted by Gasteiger charge is -2.15. The first-order chi connectivity index (χ1) is 8.15. The third-order valence-corrected chi connectivity index (χ3v) is 2.87. The molecule has 2 rings (SSSR count). The third kappa shape index (κ3) is 3.27. The van der Waals surface area contributed by atoms with Gasteiger partial charge in [0.1, 0.15) is 16.2 Å². The number of hydrogen-bond donors (Lipinski definition) is 1. The minimum Gasteiger partial charge on any atom is -0.364 e. The topological polar surface area (TPSA) is 24.9 Å². The second-order valence-corrected chi connectivity index (χ2v) is 4.58. The van der Waals surface area contributed by atoms with Crippen molar-refractivity contribution in [2.24, 2.45) is 0 Å². The molecule has 0 aliphatic heterocycles. The first kappa shape index (κ1) is 12.0. The SMILES string of the molecule is CC(Nc1cccc(Br)n1)c1cccc(F)c1. The summed E-state index contributed by atoms with van der Waals surface area (Å²) < 4.78 is 13.9. The highest BCUT2D eigenvalue weighted by atomic mass is 79.9. The Kier molecular flexibility index (Phi) is 3.74. The summed E-state index contributed by atoms with van der Waals surface area (Å²) in [5.41, 5.74) is 0.895. The Balaban J connectivity index is 2.14. The Labute approximate surface area is 108 Å². The highest BCUT2D eigenvalue weighted by molar-refractivity contribution is 9.10. The molecule has 17 heavy (non-hydrogen) atoms. The van der Waals surface area contributed by atoms with E-state index in [0.717, 1.165) is 16.0 Å². The Morgan fingerprint density at radius 2 is 2.00 bits per heavy atom. The number of aromatic nitrogens is 1. The van der Waals surface area contributed by atoms with Crippen LogP contribution in [0.3, 0.4) is 0 Å². The molecule has 2 nitrogen and oxygen atoms in total. The summed E-state index contributed by atoms with van der Waals surface area (Å²) in [6.07, 6.45) is 0. The van der Waals surface area contributed by atoms with Gasteiger partial charge in [0.15, 0.2) is 0 Å². The molecule has 1 aromatic heterocycles. The van der Waals surface area contributed by atoms with Crippen LogP contribution in [0.1, 0.15) is 18.5 Å². The summed E-state index contributed by atoms with van der Waals surface area (Å²) in [6.45, 7) is 1.97. The average molecular weight is 295 g/mol. The lowest BCUT2D eigenvalue weighted by Crippen LogP contribution is -2.08. The molecule has 1 atom stereocenters. The minimum atomic E-state index is -0.224. The number of anilines is 1. The van der Waals surface area contributed by atoms with Gasteiger partial charge in [-0.2, -0.15) is 0 Å². The van der Waals surface area contributed by atoms with E-state index in [9.17, 15) is 4.39 Å². The number of pyridine rings is 1. The molecule has 1 N–H and O–H groups in total. The second kappa shape index (κ2) is 5.27. The van der Waals surface area contributed by atoms with Crippen molar-refractivity contribution in [3.05, 3.63) is 58.4 Å². The van der Waals surface area contributed by atoms with Crippen molar-refractivity contribution in [3.63, 3.8) is 0 Å². The average Bonchev–Trinajstić information content (AvgIpc) is 2.29. The lowest BCUT2D eigenvalue weighted by molar-refractivity contribution is 0.623. The van der Waals surface area contributed by atoms with Crippen molar-refractivity contribution in [1.29, 1.82) is 0 Å². The summed E-state index contributed by atoms with van der Waals surface area (Å²) >= 11 is 3.31. The lowest BCUT2D eigenvalue weighted by atomic mass is 10.1. The highest BCUT2D eigenvalue weighted by Gasteiger charge is 2.06. The van der Waals surface area contributed by atoms with Crippen LogP contribution in [0.2, 0.25) is 0 Å². The van der Waals surface area contributed by atoms with Crippen LogP contribution in [0, 0.1) is 5.82 Å². The molecule has 1 heterocycles. The monoisotopic (exact) mass is 294 g/mol. The smallest absolute Gasteiger partial charge is 0.127 e. The molecule has 0 aliphatic carbocycles. The van der Waals surface area contributed by atoms with Gasteiger partial charge in [-0.1, -0.05) is 18.2 Å². The van der Waals surface area contributed by atoms with Crippen LogP contribution in [-0.2, 0) is 0 Å². The Bertz CT molecular complexity index is 516. The summed E-state index contributed by atoms with van der Waals surface area (Å²) in [7, 11) is 0. The molecule has 0 fully saturated rings. The van der Waals surface area contributed by atoms with Gasteiger partial charge in [-0.3, -0.25) is 0 Å². The van der Waals surface area contributed by atoms with E-state index >= 15 is 0 Å². The van der Waals surface area contributed by atoms with E-state index in [1.165, 1.54) is 12.1 Å². The molecule has 0 amide bonds. The molecule has 0 aliphatic rings. The van der Waals surface area contributed by atoms with Gasteiger partial charge in [0.05, 0.1) is 6.04 Å². The normalized spacial score (nSPS) is 12.2. The molecule has 0 radical (unpaired) electrons. The zero-order chi connectivity index (χ0) is 12.3. The van der Waals surface area contributed by atoms with Gasteiger partial charge in [0.25, 0.3) is 0 Å². The fraction of sp³-hybridized carbons (Fsp3) is 0.154. The number of rotatable bonds is 3. The van der Waals surface area contributed by atoms with Gasteiger partial charge in [0, 0.05) is 0 Å². The van der Waals surface area contributed by atoms with Crippen molar-refractivity contribution >= 4 is 21.7 Å². The predicted molar refractivity (Wildman–Crippen MR) is 70.4 cm³/mol. The summed E-state index contributed by atoms with van der Waals surface area (Å²) in [4.78, 5) is 4.27. The fourth-order valence-electron chi connectivity index (χ4n) is 1.57. The maximum absolute atomic E-state index is 13.1. The van der Waals surface area contributed by atoms with E-state index in [1.807, 2.05) is 31.2 Å².